The van der Waals surface area contributed by atoms with E-state index in [4.69, 9.17) is 0 Å². The number of amides is 1. The SMILES string of the molecule is O=C(Nc1cc(F)c(-c2ccc(C(F)(F)F)nc2)c(-c2nnn[nH]2)c1)C1(c2ccc(C(F)(F)F)cc2F)CC1. The van der Waals surface area contributed by atoms with Crippen molar-refractivity contribution >= 4 is 11.6 Å². The first-order valence-electron chi connectivity index (χ1n) is 11.1. The van der Waals surface area contributed by atoms with E-state index in [0.29, 0.717) is 18.2 Å². The molecule has 2 heterocycles. The van der Waals surface area contributed by atoms with E-state index >= 15 is 4.39 Å². The number of nitrogens with one attached hydrogen (secondary N) is 2. The van der Waals surface area contributed by atoms with Crippen molar-refractivity contribution < 1.29 is 39.9 Å². The largest absolute Gasteiger partial charge is 0.433 e. The second kappa shape index (κ2) is 9.10. The highest BCUT2D eigenvalue weighted by atomic mass is 19.4. The van der Waals surface area contributed by atoms with Crippen LogP contribution in [-0.4, -0.2) is 31.5 Å². The van der Waals surface area contributed by atoms with E-state index in [-0.39, 0.29) is 46.6 Å². The molecule has 5 rings (SSSR count). The number of hydrogen-bond donors (Lipinski definition) is 2. The van der Waals surface area contributed by atoms with Gasteiger partial charge in [0.15, 0.2) is 5.82 Å². The minimum atomic E-state index is -4.77. The summed E-state index contributed by atoms with van der Waals surface area (Å²) in [5.74, 6) is -3.06. The van der Waals surface area contributed by atoms with Gasteiger partial charge in [0.25, 0.3) is 0 Å². The van der Waals surface area contributed by atoms with Crippen LogP contribution in [0.1, 0.15) is 29.7 Å². The van der Waals surface area contributed by atoms with Crippen LogP contribution in [-0.2, 0) is 22.6 Å². The highest BCUT2D eigenvalue weighted by Crippen LogP contribution is 2.50. The first-order chi connectivity index (χ1) is 18.3. The topological polar surface area (TPSA) is 96.5 Å². The minimum Gasteiger partial charge on any atom is -0.325 e. The lowest BCUT2D eigenvalue weighted by Gasteiger charge is -2.19. The number of carbonyl (C=O) groups is 1. The van der Waals surface area contributed by atoms with E-state index in [1.165, 1.54) is 6.07 Å². The van der Waals surface area contributed by atoms with Gasteiger partial charge in [0.05, 0.1) is 11.0 Å². The van der Waals surface area contributed by atoms with Gasteiger partial charge in [0, 0.05) is 34.1 Å². The zero-order valence-electron chi connectivity index (χ0n) is 19.3. The molecule has 7 nitrogen and oxygen atoms in total. The molecule has 2 N–H and O–H groups in total. The Kier molecular flexibility index (Phi) is 6.11. The second-order valence-electron chi connectivity index (χ2n) is 8.79. The summed E-state index contributed by atoms with van der Waals surface area (Å²) >= 11 is 0. The molecule has 4 aromatic rings. The van der Waals surface area contributed by atoms with Crippen molar-refractivity contribution in [1.29, 1.82) is 0 Å². The second-order valence-corrected chi connectivity index (χ2v) is 8.79. The molecule has 2 aromatic heterocycles. The third kappa shape index (κ3) is 4.91. The highest BCUT2D eigenvalue weighted by molar-refractivity contribution is 6.02. The molecule has 0 atom stereocenters. The van der Waals surface area contributed by atoms with Crippen LogP contribution >= 0.6 is 0 Å². The summed E-state index contributed by atoms with van der Waals surface area (Å²) in [4.78, 5) is 16.5. The average Bonchev–Trinajstić information content (AvgIpc) is 3.48. The minimum absolute atomic E-state index is 0.0394. The maximum absolute atomic E-state index is 15.4. The third-order valence-electron chi connectivity index (χ3n) is 6.29. The number of pyridine rings is 1. The highest BCUT2D eigenvalue weighted by Gasteiger charge is 2.53. The zero-order chi connectivity index (χ0) is 28.2. The van der Waals surface area contributed by atoms with Crippen molar-refractivity contribution in [1.82, 2.24) is 25.6 Å². The van der Waals surface area contributed by atoms with E-state index in [0.717, 1.165) is 24.4 Å². The lowest BCUT2D eigenvalue weighted by molar-refractivity contribution is -0.141. The number of H-pyrrole nitrogens is 1. The van der Waals surface area contributed by atoms with Crippen LogP contribution in [0, 0.1) is 11.6 Å². The van der Waals surface area contributed by atoms with Crippen LogP contribution in [0.3, 0.4) is 0 Å². The predicted octanol–water partition coefficient (Wildman–Crippen LogP) is 5.91. The first-order valence-corrected chi connectivity index (χ1v) is 11.1. The molecular weight excluding hydrogens is 540 g/mol. The van der Waals surface area contributed by atoms with E-state index < -0.39 is 46.6 Å². The Bertz CT molecular complexity index is 1540. The van der Waals surface area contributed by atoms with Gasteiger partial charge in [0.2, 0.25) is 5.91 Å². The molecule has 0 saturated heterocycles. The lowest BCUT2D eigenvalue weighted by atomic mass is 9.92. The Morgan fingerprint density at radius 2 is 1.67 bits per heavy atom. The van der Waals surface area contributed by atoms with Crippen LogP contribution in [0.2, 0.25) is 0 Å². The van der Waals surface area contributed by atoms with Crippen molar-refractivity contribution in [3.63, 3.8) is 0 Å². The molecule has 0 bridgehead atoms. The molecule has 1 saturated carbocycles. The number of tetrazole rings is 1. The molecule has 0 spiro atoms. The van der Waals surface area contributed by atoms with Gasteiger partial charge in [-0.2, -0.15) is 26.3 Å². The molecule has 0 unspecified atom stereocenters. The molecule has 1 fully saturated rings. The molecule has 39 heavy (non-hydrogen) atoms. The first kappa shape index (κ1) is 26.2. The summed E-state index contributed by atoms with van der Waals surface area (Å²) < 4.78 is 108. The fourth-order valence-electron chi connectivity index (χ4n) is 4.22. The van der Waals surface area contributed by atoms with E-state index in [9.17, 15) is 35.5 Å². The summed E-state index contributed by atoms with van der Waals surface area (Å²) in [6.07, 6.45) is -8.39. The van der Waals surface area contributed by atoms with E-state index in [1.807, 2.05) is 0 Å². The molecule has 0 radical (unpaired) electrons. The third-order valence-corrected chi connectivity index (χ3v) is 6.29. The Hall–Kier alpha value is -4.43. The number of aromatic nitrogens is 5. The van der Waals surface area contributed by atoms with Gasteiger partial charge in [-0.15, -0.1) is 5.10 Å². The zero-order valence-corrected chi connectivity index (χ0v) is 19.3. The quantitative estimate of drug-likeness (QED) is 0.299. The maximum atomic E-state index is 15.4. The standard InChI is InChI=1S/C24H14F8N6O/c25-16-7-12(23(27,28)29)2-3-15(16)22(5-6-22)21(39)34-13-8-14(20-35-37-38-36-20)19(17(26)9-13)11-1-4-18(33-10-11)24(30,31)32/h1-4,7-10H,5-6H2,(H,34,39)(H,35,36,37,38). The average molecular weight is 554 g/mol. The molecule has 1 aliphatic carbocycles. The Balaban J connectivity index is 1.49. The molecule has 15 heteroatoms. The normalized spacial score (nSPS) is 14.8. The Labute approximate surface area is 213 Å². The van der Waals surface area contributed by atoms with Crippen LogP contribution in [0.4, 0.5) is 40.8 Å². The molecule has 1 aliphatic rings. The number of alkyl halides is 6. The summed E-state index contributed by atoms with van der Waals surface area (Å²) in [5.41, 5.74) is -4.54. The lowest BCUT2D eigenvalue weighted by Crippen LogP contribution is -2.29. The fraction of sp³-hybridized carbons (Fsp3) is 0.208. The smallest absolute Gasteiger partial charge is 0.325 e. The number of hydrogen-bond acceptors (Lipinski definition) is 5. The van der Waals surface area contributed by atoms with Crippen molar-refractivity contribution in [2.75, 3.05) is 5.32 Å². The van der Waals surface area contributed by atoms with Crippen molar-refractivity contribution in [3.05, 3.63) is 77.1 Å². The van der Waals surface area contributed by atoms with E-state index in [1.54, 1.807) is 0 Å². The van der Waals surface area contributed by atoms with Gasteiger partial charge < -0.3 is 5.32 Å². The number of halogens is 8. The van der Waals surface area contributed by atoms with Gasteiger partial charge in [0.1, 0.15) is 17.3 Å². The number of carbonyl (C=O) groups excluding carboxylic acids is 1. The van der Waals surface area contributed by atoms with Gasteiger partial charge >= 0.3 is 12.4 Å². The van der Waals surface area contributed by atoms with E-state index in [2.05, 4.69) is 30.9 Å². The van der Waals surface area contributed by atoms with Gasteiger partial charge in [-0.3, -0.25) is 9.78 Å². The van der Waals surface area contributed by atoms with Gasteiger partial charge in [-0.05, 0) is 53.6 Å². The van der Waals surface area contributed by atoms with Crippen LogP contribution in [0.15, 0.2) is 48.7 Å². The van der Waals surface area contributed by atoms with Crippen molar-refractivity contribution in [2.45, 2.75) is 30.6 Å². The summed E-state index contributed by atoms with van der Waals surface area (Å²) in [7, 11) is 0. The van der Waals surface area contributed by atoms with Crippen LogP contribution < -0.4 is 5.32 Å². The summed E-state index contributed by atoms with van der Waals surface area (Å²) in [6.45, 7) is 0. The van der Waals surface area contributed by atoms with Gasteiger partial charge in [-0.1, -0.05) is 12.1 Å². The molecular formula is C24H14F8N6O. The van der Waals surface area contributed by atoms with Crippen LogP contribution in [0.5, 0.6) is 0 Å². The summed E-state index contributed by atoms with van der Waals surface area (Å²) in [6, 6.07) is 5.69. The number of benzene rings is 2. The number of anilines is 1. The Morgan fingerprint density at radius 1 is 0.923 bits per heavy atom. The fourth-order valence-corrected chi connectivity index (χ4v) is 4.22. The monoisotopic (exact) mass is 554 g/mol. The molecule has 1 amide bonds. The number of aromatic amines is 1. The Morgan fingerprint density at radius 3 is 2.21 bits per heavy atom. The van der Waals surface area contributed by atoms with Crippen molar-refractivity contribution in [2.24, 2.45) is 0 Å². The predicted molar refractivity (Wildman–Crippen MR) is 119 cm³/mol. The molecule has 2 aromatic carbocycles. The molecule has 202 valence electrons. The number of nitrogens with zero attached hydrogens (tertiary/aromatic N) is 4. The number of rotatable bonds is 5. The summed E-state index contributed by atoms with van der Waals surface area (Å²) in [5, 5.41) is 15.4. The van der Waals surface area contributed by atoms with Crippen molar-refractivity contribution in [3.8, 4) is 22.5 Å². The van der Waals surface area contributed by atoms with Gasteiger partial charge in [-0.25, -0.2) is 13.9 Å². The maximum Gasteiger partial charge on any atom is 0.433 e. The van der Waals surface area contributed by atoms with Crippen LogP contribution in [0.25, 0.3) is 22.5 Å². The molecule has 0 aliphatic heterocycles.